The van der Waals surface area contributed by atoms with Gasteiger partial charge in [-0.1, -0.05) is 6.92 Å². The molecular weight excluding hydrogens is 190 g/mol. The van der Waals surface area contributed by atoms with Crippen molar-refractivity contribution in [2.45, 2.75) is 19.2 Å². The first-order valence-electron chi connectivity index (χ1n) is 4.20. The Labute approximate surface area is 82.1 Å². The van der Waals surface area contributed by atoms with Gasteiger partial charge in [-0.3, -0.25) is 4.79 Å². The molecule has 1 rings (SSSR count). The van der Waals surface area contributed by atoms with Gasteiger partial charge in [0, 0.05) is 6.54 Å². The van der Waals surface area contributed by atoms with Crippen LogP contribution in [-0.2, 0) is 5.88 Å². The molecule has 1 aromatic rings. The van der Waals surface area contributed by atoms with Crippen molar-refractivity contribution in [3.63, 3.8) is 0 Å². The zero-order valence-electron chi connectivity index (χ0n) is 7.47. The molecular formula is C9H12ClNO2. The average Bonchev–Trinajstić information content (AvgIpc) is 2.62. The average molecular weight is 202 g/mol. The maximum Gasteiger partial charge on any atom is 0.286 e. The van der Waals surface area contributed by atoms with Crippen LogP contribution in [0.15, 0.2) is 16.5 Å². The van der Waals surface area contributed by atoms with E-state index in [0.29, 0.717) is 23.9 Å². The number of alkyl halides is 1. The van der Waals surface area contributed by atoms with Crippen molar-refractivity contribution in [2.24, 2.45) is 0 Å². The maximum absolute atomic E-state index is 11.3. The third-order valence-electron chi connectivity index (χ3n) is 1.55. The SMILES string of the molecule is CCCNC(=O)c1ccc(CCl)o1. The minimum Gasteiger partial charge on any atom is -0.455 e. The number of hydrogen-bond acceptors (Lipinski definition) is 2. The first kappa shape index (κ1) is 10.1. The summed E-state index contributed by atoms with van der Waals surface area (Å²) < 4.78 is 5.15. The Balaban J connectivity index is 2.55. The van der Waals surface area contributed by atoms with Crippen LogP contribution in [0.3, 0.4) is 0 Å². The highest BCUT2D eigenvalue weighted by Gasteiger charge is 2.08. The number of carbonyl (C=O) groups is 1. The summed E-state index contributed by atoms with van der Waals surface area (Å²) in [6.07, 6.45) is 0.912. The summed E-state index contributed by atoms with van der Waals surface area (Å²) in [5.41, 5.74) is 0. The molecule has 0 saturated heterocycles. The molecule has 0 radical (unpaired) electrons. The Hall–Kier alpha value is -0.960. The Kier molecular flexibility index (Phi) is 3.83. The summed E-state index contributed by atoms with van der Waals surface area (Å²) >= 11 is 5.52. The quantitative estimate of drug-likeness (QED) is 0.759. The molecule has 3 nitrogen and oxygen atoms in total. The number of carbonyl (C=O) groups excluding carboxylic acids is 1. The lowest BCUT2D eigenvalue weighted by Crippen LogP contribution is -2.23. The van der Waals surface area contributed by atoms with Crippen molar-refractivity contribution >= 4 is 17.5 Å². The van der Waals surface area contributed by atoms with Crippen LogP contribution in [0.5, 0.6) is 0 Å². The predicted molar refractivity (Wildman–Crippen MR) is 50.9 cm³/mol. The van der Waals surface area contributed by atoms with Gasteiger partial charge in [-0.2, -0.15) is 0 Å². The van der Waals surface area contributed by atoms with Gasteiger partial charge in [0.15, 0.2) is 5.76 Å². The van der Waals surface area contributed by atoms with Crippen molar-refractivity contribution in [1.29, 1.82) is 0 Å². The van der Waals surface area contributed by atoms with Crippen LogP contribution in [0.2, 0.25) is 0 Å². The van der Waals surface area contributed by atoms with Gasteiger partial charge >= 0.3 is 0 Å². The first-order valence-corrected chi connectivity index (χ1v) is 4.74. The van der Waals surface area contributed by atoms with Crippen molar-refractivity contribution in [3.8, 4) is 0 Å². The van der Waals surface area contributed by atoms with Crippen LogP contribution < -0.4 is 5.32 Å². The minimum absolute atomic E-state index is 0.182. The standard InChI is InChI=1S/C9H12ClNO2/c1-2-5-11-9(12)8-4-3-7(6-10)13-8/h3-4H,2,5-6H2,1H3,(H,11,12). The lowest BCUT2D eigenvalue weighted by atomic mass is 10.4. The normalized spacial score (nSPS) is 10.0. The van der Waals surface area contributed by atoms with Gasteiger partial charge in [-0.25, -0.2) is 0 Å². The van der Waals surface area contributed by atoms with Gasteiger partial charge in [0.2, 0.25) is 0 Å². The van der Waals surface area contributed by atoms with Crippen molar-refractivity contribution in [3.05, 3.63) is 23.7 Å². The van der Waals surface area contributed by atoms with Crippen LogP contribution in [-0.4, -0.2) is 12.5 Å². The van der Waals surface area contributed by atoms with Crippen molar-refractivity contribution < 1.29 is 9.21 Å². The first-order chi connectivity index (χ1) is 6.27. The van der Waals surface area contributed by atoms with E-state index in [1.165, 1.54) is 0 Å². The van der Waals surface area contributed by atoms with E-state index >= 15 is 0 Å². The van der Waals surface area contributed by atoms with E-state index in [2.05, 4.69) is 5.32 Å². The van der Waals surface area contributed by atoms with E-state index in [4.69, 9.17) is 16.0 Å². The Bertz CT molecular complexity index is 283. The maximum atomic E-state index is 11.3. The number of halogens is 1. The van der Waals surface area contributed by atoms with Crippen molar-refractivity contribution in [1.82, 2.24) is 5.32 Å². The molecule has 1 amide bonds. The molecule has 0 unspecified atom stereocenters. The van der Waals surface area contributed by atoms with E-state index in [1.54, 1.807) is 12.1 Å². The molecule has 72 valence electrons. The fourth-order valence-electron chi connectivity index (χ4n) is 0.897. The molecule has 0 aliphatic carbocycles. The summed E-state index contributed by atoms with van der Waals surface area (Å²) in [5.74, 6) is 1.05. The van der Waals surface area contributed by atoms with Crippen molar-refractivity contribution in [2.75, 3.05) is 6.54 Å². The Morgan fingerprint density at radius 1 is 1.62 bits per heavy atom. The molecule has 1 heterocycles. The van der Waals surface area contributed by atoms with E-state index < -0.39 is 0 Å². The van der Waals surface area contributed by atoms with Crippen LogP contribution in [0.25, 0.3) is 0 Å². The minimum atomic E-state index is -0.182. The van der Waals surface area contributed by atoms with Gasteiger partial charge in [0.25, 0.3) is 5.91 Å². The third kappa shape index (κ3) is 2.77. The zero-order valence-corrected chi connectivity index (χ0v) is 8.23. The highest BCUT2D eigenvalue weighted by atomic mass is 35.5. The fourth-order valence-corrected chi connectivity index (χ4v) is 1.04. The van der Waals surface area contributed by atoms with E-state index in [0.717, 1.165) is 6.42 Å². The molecule has 0 bridgehead atoms. The monoisotopic (exact) mass is 201 g/mol. The number of amides is 1. The van der Waals surface area contributed by atoms with E-state index in [9.17, 15) is 4.79 Å². The lowest BCUT2D eigenvalue weighted by Gasteiger charge is -1.98. The highest BCUT2D eigenvalue weighted by molar-refractivity contribution is 6.16. The Morgan fingerprint density at radius 3 is 2.92 bits per heavy atom. The summed E-state index contributed by atoms with van der Waals surface area (Å²) in [6.45, 7) is 2.66. The molecule has 1 N–H and O–H groups in total. The summed E-state index contributed by atoms with van der Waals surface area (Å²) in [4.78, 5) is 11.3. The second kappa shape index (κ2) is 4.92. The molecule has 1 aromatic heterocycles. The second-order valence-corrected chi connectivity index (χ2v) is 2.92. The molecule has 0 aliphatic rings. The fraction of sp³-hybridized carbons (Fsp3) is 0.444. The largest absolute Gasteiger partial charge is 0.455 e. The van der Waals surface area contributed by atoms with Gasteiger partial charge in [0.05, 0.1) is 5.88 Å². The summed E-state index contributed by atoms with van der Waals surface area (Å²) in [5, 5.41) is 2.71. The molecule has 0 atom stereocenters. The molecule has 13 heavy (non-hydrogen) atoms. The second-order valence-electron chi connectivity index (χ2n) is 2.66. The van der Waals surface area contributed by atoms with Crippen LogP contribution >= 0.6 is 11.6 Å². The summed E-state index contributed by atoms with van der Waals surface area (Å²) in [6, 6.07) is 3.33. The molecule has 0 aliphatic heterocycles. The smallest absolute Gasteiger partial charge is 0.286 e. The number of furan rings is 1. The van der Waals surface area contributed by atoms with Gasteiger partial charge in [-0.05, 0) is 18.6 Å². The van der Waals surface area contributed by atoms with E-state index in [1.807, 2.05) is 6.92 Å². The molecule has 0 aromatic carbocycles. The number of rotatable bonds is 4. The van der Waals surface area contributed by atoms with E-state index in [-0.39, 0.29) is 5.91 Å². The molecule has 0 spiro atoms. The van der Waals surface area contributed by atoms with Crippen LogP contribution in [0.4, 0.5) is 0 Å². The summed E-state index contributed by atoms with van der Waals surface area (Å²) in [7, 11) is 0. The van der Waals surface area contributed by atoms with Crippen LogP contribution in [0, 0.1) is 0 Å². The predicted octanol–water partition coefficient (Wildman–Crippen LogP) is 2.16. The van der Waals surface area contributed by atoms with Gasteiger partial charge in [0.1, 0.15) is 5.76 Å². The lowest BCUT2D eigenvalue weighted by molar-refractivity contribution is 0.0924. The zero-order chi connectivity index (χ0) is 9.68. The van der Waals surface area contributed by atoms with Gasteiger partial charge in [-0.15, -0.1) is 11.6 Å². The van der Waals surface area contributed by atoms with Crippen LogP contribution in [0.1, 0.15) is 29.7 Å². The number of hydrogen-bond donors (Lipinski definition) is 1. The molecule has 0 saturated carbocycles. The topological polar surface area (TPSA) is 42.2 Å². The Morgan fingerprint density at radius 2 is 2.38 bits per heavy atom. The molecule has 4 heteroatoms. The van der Waals surface area contributed by atoms with Gasteiger partial charge < -0.3 is 9.73 Å². The number of nitrogens with one attached hydrogen (secondary N) is 1. The molecule has 0 fully saturated rings. The third-order valence-corrected chi connectivity index (χ3v) is 1.82. The highest BCUT2D eigenvalue weighted by Crippen LogP contribution is 2.09.